The fourth-order valence-electron chi connectivity index (χ4n) is 3.45. The van der Waals surface area contributed by atoms with Gasteiger partial charge in [-0.2, -0.15) is 0 Å². The van der Waals surface area contributed by atoms with Crippen LogP contribution in [0.3, 0.4) is 0 Å². The fourth-order valence-corrected chi connectivity index (χ4v) is 3.45. The summed E-state index contributed by atoms with van der Waals surface area (Å²) in [5, 5.41) is 3.73. The van der Waals surface area contributed by atoms with Crippen LogP contribution in [0, 0.1) is 5.41 Å². The van der Waals surface area contributed by atoms with E-state index in [9.17, 15) is 0 Å². The molecule has 3 rings (SSSR count). The third kappa shape index (κ3) is 3.13. The number of hydrogen-bond donors (Lipinski definition) is 1. The van der Waals surface area contributed by atoms with Crippen LogP contribution in [0.15, 0.2) is 24.3 Å². The highest BCUT2D eigenvalue weighted by Gasteiger charge is 2.26. The number of benzene rings is 1. The van der Waals surface area contributed by atoms with E-state index < -0.39 is 0 Å². The van der Waals surface area contributed by atoms with Gasteiger partial charge in [-0.1, -0.05) is 26.0 Å². The third-order valence-electron chi connectivity index (χ3n) is 4.94. The Morgan fingerprint density at radius 2 is 1.95 bits per heavy atom. The maximum atomic E-state index is 4.80. The average molecular weight is 285 g/mol. The average Bonchev–Trinajstić information content (AvgIpc) is 2.83. The lowest BCUT2D eigenvalue weighted by molar-refractivity contribution is 0.205. The molecule has 1 saturated carbocycles. The van der Waals surface area contributed by atoms with E-state index in [0.717, 1.165) is 18.6 Å². The number of nitrogens with zero attached hydrogens (tertiary/aromatic N) is 2. The van der Waals surface area contributed by atoms with Gasteiger partial charge in [0.15, 0.2) is 0 Å². The molecule has 0 saturated heterocycles. The molecule has 1 aromatic carbocycles. The highest BCUT2D eigenvalue weighted by molar-refractivity contribution is 5.75. The summed E-state index contributed by atoms with van der Waals surface area (Å²) in [5.41, 5.74) is 2.90. The van der Waals surface area contributed by atoms with E-state index in [1.807, 2.05) is 0 Å². The van der Waals surface area contributed by atoms with Crippen LogP contribution in [0.4, 0.5) is 0 Å². The predicted octanol–water partition coefficient (Wildman–Crippen LogP) is 4.11. The summed E-state index contributed by atoms with van der Waals surface area (Å²) in [6.45, 7) is 8.84. The van der Waals surface area contributed by atoms with Crippen molar-refractivity contribution in [2.75, 3.05) is 0 Å². The molecule has 3 nitrogen and oxygen atoms in total. The number of fused-ring (bicyclic) bond motifs is 1. The smallest absolute Gasteiger partial charge is 0.123 e. The van der Waals surface area contributed by atoms with Crippen LogP contribution in [0.2, 0.25) is 0 Å². The molecule has 0 aliphatic heterocycles. The van der Waals surface area contributed by atoms with Gasteiger partial charge in [0.25, 0.3) is 0 Å². The summed E-state index contributed by atoms with van der Waals surface area (Å²) in [4.78, 5) is 4.80. The van der Waals surface area contributed by atoms with Gasteiger partial charge >= 0.3 is 0 Å². The Balaban J connectivity index is 1.68. The summed E-state index contributed by atoms with van der Waals surface area (Å²) in [5.74, 6) is 1.17. The van der Waals surface area contributed by atoms with Crippen LogP contribution in [0.5, 0.6) is 0 Å². The van der Waals surface area contributed by atoms with Crippen molar-refractivity contribution in [2.24, 2.45) is 5.41 Å². The zero-order chi connectivity index (χ0) is 14.9. The molecule has 0 bridgehead atoms. The standard InChI is InChI=1S/C18H27N3/c1-4-21-16-8-6-5-7-15(16)20-17(21)13-19-14-9-11-18(2,3)12-10-14/h5-8,14,19H,4,9-13H2,1-3H3. The molecule has 0 radical (unpaired) electrons. The van der Waals surface area contributed by atoms with E-state index in [0.29, 0.717) is 11.5 Å². The van der Waals surface area contributed by atoms with Crippen molar-refractivity contribution in [1.29, 1.82) is 0 Å². The second-order valence-electron chi connectivity index (χ2n) is 7.08. The highest BCUT2D eigenvalue weighted by atomic mass is 15.1. The Morgan fingerprint density at radius 3 is 2.67 bits per heavy atom. The lowest BCUT2D eigenvalue weighted by atomic mass is 9.75. The monoisotopic (exact) mass is 285 g/mol. The molecule has 1 aliphatic rings. The molecular weight excluding hydrogens is 258 g/mol. The van der Waals surface area contributed by atoms with E-state index in [-0.39, 0.29) is 0 Å². The van der Waals surface area contributed by atoms with Crippen LogP contribution in [0.1, 0.15) is 52.3 Å². The van der Waals surface area contributed by atoms with Gasteiger partial charge in [0.2, 0.25) is 0 Å². The lowest BCUT2D eigenvalue weighted by Gasteiger charge is -2.34. The molecule has 1 N–H and O–H groups in total. The first kappa shape index (κ1) is 14.6. The quantitative estimate of drug-likeness (QED) is 0.916. The molecule has 1 heterocycles. The largest absolute Gasteiger partial charge is 0.327 e. The van der Waals surface area contributed by atoms with Crippen molar-refractivity contribution < 1.29 is 0 Å². The molecule has 0 unspecified atom stereocenters. The Bertz CT molecular complexity index is 602. The minimum absolute atomic E-state index is 0.536. The van der Waals surface area contributed by atoms with Gasteiger partial charge in [0.05, 0.1) is 17.6 Å². The molecule has 1 aliphatic carbocycles. The van der Waals surface area contributed by atoms with Gasteiger partial charge in [0.1, 0.15) is 5.82 Å². The first-order chi connectivity index (χ1) is 10.1. The number of imidazole rings is 1. The van der Waals surface area contributed by atoms with Crippen LogP contribution >= 0.6 is 0 Å². The summed E-state index contributed by atoms with van der Waals surface area (Å²) < 4.78 is 2.33. The zero-order valence-corrected chi connectivity index (χ0v) is 13.5. The maximum Gasteiger partial charge on any atom is 0.123 e. The van der Waals surface area contributed by atoms with Crippen molar-refractivity contribution in [3.63, 3.8) is 0 Å². The van der Waals surface area contributed by atoms with Crippen molar-refractivity contribution in [3.05, 3.63) is 30.1 Å². The summed E-state index contributed by atoms with van der Waals surface area (Å²) in [6, 6.07) is 9.09. The molecule has 0 spiro atoms. The number of rotatable bonds is 4. The summed E-state index contributed by atoms with van der Waals surface area (Å²) >= 11 is 0. The lowest BCUT2D eigenvalue weighted by Crippen LogP contribution is -2.35. The minimum Gasteiger partial charge on any atom is -0.327 e. The van der Waals surface area contributed by atoms with Gasteiger partial charge in [-0.15, -0.1) is 0 Å². The molecule has 1 aromatic heterocycles. The first-order valence-corrected chi connectivity index (χ1v) is 8.26. The van der Waals surface area contributed by atoms with Crippen molar-refractivity contribution in [1.82, 2.24) is 14.9 Å². The van der Waals surface area contributed by atoms with Crippen LogP contribution in [0.25, 0.3) is 11.0 Å². The molecule has 21 heavy (non-hydrogen) atoms. The fraction of sp³-hybridized carbons (Fsp3) is 0.611. The van der Waals surface area contributed by atoms with Crippen LogP contribution < -0.4 is 5.32 Å². The minimum atomic E-state index is 0.536. The molecule has 114 valence electrons. The number of aryl methyl sites for hydroxylation is 1. The Kier molecular flexibility index (Phi) is 4.03. The predicted molar refractivity (Wildman–Crippen MR) is 88.3 cm³/mol. The summed E-state index contributed by atoms with van der Waals surface area (Å²) in [6.07, 6.45) is 5.24. The summed E-state index contributed by atoms with van der Waals surface area (Å²) in [7, 11) is 0. The molecule has 1 fully saturated rings. The van der Waals surface area contributed by atoms with Gasteiger partial charge in [-0.3, -0.25) is 0 Å². The zero-order valence-electron chi connectivity index (χ0n) is 13.5. The van der Waals surface area contributed by atoms with Crippen molar-refractivity contribution in [3.8, 4) is 0 Å². The van der Waals surface area contributed by atoms with Crippen molar-refractivity contribution in [2.45, 2.75) is 65.6 Å². The van der Waals surface area contributed by atoms with Gasteiger partial charge in [-0.05, 0) is 50.2 Å². The van der Waals surface area contributed by atoms with Gasteiger partial charge in [0, 0.05) is 12.6 Å². The number of hydrogen-bond acceptors (Lipinski definition) is 2. The van der Waals surface area contributed by atoms with Crippen LogP contribution in [-0.2, 0) is 13.1 Å². The van der Waals surface area contributed by atoms with Gasteiger partial charge in [-0.25, -0.2) is 4.98 Å². The second kappa shape index (κ2) is 5.80. The Labute approximate surface area is 127 Å². The second-order valence-corrected chi connectivity index (χ2v) is 7.08. The van der Waals surface area contributed by atoms with Crippen LogP contribution in [-0.4, -0.2) is 15.6 Å². The Morgan fingerprint density at radius 1 is 1.24 bits per heavy atom. The first-order valence-electron chi connectivity index (χ1n) is 8.26. The Hall–Kier alpha value is -1.35. The van der Waals surface area contributed by atoms with Gasteiger partial charge < -0.3 is 9.88 Å². The molecule has 3 heteroatoms. The topological polar surface area (TPSA) is 29.9 Å². The third-order valence-corrected chi connectivity index (χ3v) is 4.94. The number of aromatic nitrogens is 2. The van der Waals surface area contributed by atoms with E-state index in [1.54, 1.807) is 0 Å². The van der Waals surface area contributed by atoms with Crippen molar-refractivity contribution >= 4 is 11.0 Å². The SMILES string of the molecule is CCn1c(CNC2CCC(C)(C)CC2)nc2ccccc21. The van der Waals surface area contributed by atoms with E-state index in [2.05, 4.69) is 54.9 Å². The molecule has 2 aromatic rings. The molecule has 0 amide bonds. The highest BCUT2D eigenvalue weighted by Crippen LogP contribution is 2.35. The number of nitrogens with one attached hydrogen (secondary N) is 1. The normalized spacial score (nSPS) is 19.2. The maximum absolute atomic E-state index is 4.80. The van der Waals surface area contributed by atoms with E-state index >= 15 is 0 Å². The molecular formula is C18H27N3. The molecule has 0 atom stereocenters. The van der Waals surface area contributed by atoms with E-state index in [1.165, 1.54) is 37.0 Å². The number of para-hydroxylation sites is 2. The van der Waals surface area contributed by atoms with E-state index in [4.69, 9.17) is 4.98 Å².